The maximum atomic E-state index is 12.1. The Bertz CT molecular complexity index is 722. The van der Waals surface area contributed by atoms with Crippen LogP contribution in [0.25, 0.3) is 0 Å². The number of amides is 1. The molecule has 1 saturated heterocycles. The van der Waals surface area contributed by atoms with Crippen molar-refractivity contribution in [2.24, 2.45) is 0 Å². The van der Waals surface area contributed by atoms with E-state index in [0.717, 1.165) is 48.8 Å². The van der Waals surface area contributed by atoms with Gasteiger partial charge in [-0.05, 0) is 49.7 Å². The van der Waals surface area contributed by atoms with E-state index >= 15 is 0 Å². The molecule has 5 nitrogen and oxygen atoms in total. The number of nitrogens with one attached hydrogen (secondary N) is 1. The fraction of sp³-hybridized carbons (Fsp3) is 0.350. The Kier molecular flexibility index (Phi) is 5.56. The Morgan fingerprint density at radius 1 is 1.12 bits per heavy atom. The zero-order chi connectivity index (χ0) is 17.6. The van der Waals surface area contributed by atoms with Gasteiger partial charge in [-0.1, -0.05) is 17.7 Å². The van der Waals surface area contributed by atoms with Crippen molar-refractivity contribution in [1.29, 1.82) is 0 Å². The number of anilines is 2. The highest BCUT2D eigenvalue weighted by atomic mass is 16.5. The van der Waals surface area contributed by atoms with Gasteiger partial charge in [-0.2, -0.15) is 0 Å². The van der Waals surface area contributed by atoms with Crippen LogP contribution >= 0.6 is 0 Å². The number of morpholine rings is 1. The molecule has 0 aromatic heterocycles. The lowest BCUT2D eigenvalue weighted by Gasteiger charge is -2.29. The minimum absolute atomic E-state index is 0.00623. The fourth-order valence-electron chi connectivity index (χ4n) is 2.78. The molecule has 1 heterocycles. The van der Waals surface area contributed by atoms with Crippen LogP contribution in [0, 0.1) is 13.8 Å². The number of hydrogen-bond acceptors (Lipinski definition) is 4. The number of benzene rings is 2. The van der Waals surface area contributed by atoms with Crippen LogP contribution in [-0.2, 0) is 9.53 Å². The maximum Gasteiger partial charge on any atom is 0.262 e. The van der Waals surface area contributed by atoms with Gasteiger partial charge in [-0.15, -0.1) is 0 Å². The van der Waals surface area contributed by atoms with E-state index in [4.69, 9.17) is 9.47 Å². The molecular formula is C20H24N2O3. The van der Waals surface area contributed by atoms with Crippen molar-refractivity contribution in [3.63, 3.8) is 0 Å². The second-order valence-electron chi connectivity index (χ2n) is 6.25. The van der Waals surface area contributed by atoms with Gasteiger partial charge in [-0.3, -0.25) is 4.79 Å². The molecule has 0 spiro atoms. The number of hydrogen-bond donors (Lipinski definition) is 1. The molecule has 132 valence electrons. The SMILES string of the molecule is Cc1ccc(OCC(=O)Nc2ccc(N3CCOCC3)cc2C)cc1. The van der Waals surface area contributed by atoms with Gasteiger partial charge in [0.25, 0.3) is 5.91 Å². The topological polar surface area (TPSA) is 50.8 Å². The predicted molar refractivity (Wildman–Crippen MR) is 99.5 cm³/mol. The molecule has 1 aliphatic rings. The smallest absolute Gasteiger partial charge is 0.262 e. The average molecular weight is 340 g/mol. The molecule has 1 amide bonds. The van der Waals surface area contributed by atoms with E-state index < -0.39 is 0 Å². The van der Waals surface area contributed by atoms with Gasteiger partial charge in [0.15, 0.2) is 6.61 Å². The number of carbonyl (C=O) groups excluding carboxylic acids is 1. The van der Waals surface area contributed by atoms with Crippen LogP contribution in [0.1, 0.15) is 11.1 Å². The van der Waals surface area contributed by atoms with Crippen LogP contribution in [0.2, 0.25) is 0 Å². The minimum Gasteiger partial charge on any atom is -0.484 e. The van der Waals surface area contributed by atoms with E-state index in [1.54, 1.807) is 0 Å². The summed E-state index contributed by atoms with van der Waals surface area (Å²) < 4.78 is 10.9. The van der Waals surface area contributed by atoms with E-state index in [1.807, 2.05) is 50.2 Å². The van der Waals surface area contributed by atoms with E-state index in [9.17, 15) is 4.79 Å². The zero-order valence-corrected chi connectivity index (χ0v) is 14.7. The molecule has 2 aromatic carbocycles. The first-order chi connectivity index (χ1) is 12.1. The third kappa shape index (κ3) is 4.73. The lowest BCUT2D eigenvalue weighted by atomic mass is 10.1. The molecule has 0 radical (unpaired) electrons. The number of aryl methyl sites for hydroxylation is 2. The van der Waals surface area contributed by atoms with E-state index in [2.05, 4.69) is 16.3 Å². The molecule has 1 fully saturated rings. The Morgan fingerprint density at radius 2 is 1.84 bits per heavy atom. The van der Waals surface area contributed by atoms with Gasteiger partial charge in [0.1, 0.15) is 5.75 Å². The van der Waals surface area contributed by atoms with Crippen molar-refractivity contribution in [1.82, 2.24) is 0 Å². The Morgan fingerprint density at radius 3 is 2.52 bits per heavy atom. The molecular weight excluding hydrogens is 316 g/mol. The number of ether oxygens (including phenoxy) is 2. The normalized spacial score (nSPS) is 14.2. The summed E-state index contributed by atoms with van der Waals surface area (Å²) in [4.78, 5) is 14.4. The average Bonchev–Trinajstić information content (AvgIpc) is 2.64. The van der Waals surface area contributed by atoms with Crippen molar-refractivity contribution in [3.05, 3.63) is 53.6 Å². The standard InChI is InChI=1S/C20H24N2O3/c1-15-3-6-18(7-4-15)25-14-20(23)21-19-8-5-17(13-16(19)2)22-9-11-24-12-10-22/h3-8,13H,9-12,14H2,1-2H3,(H,21,23). The van der Waals surface area contributed by atoms with Crippen LogP contribution in [0.4, 0.5) is 11.4 Å². The van der Waals surface area contributed by atoms with Crippen LogP contribution in [0.5, 0.6) is 5.75 Å². The van der Waals surface area contributed by atoms with Gasteiger partial charge in [0.05, 0.1) is 13.2 Å². The molecule has 2 aromatic rings. The molecule has 0 atom stereocenters. The van der Waals surface area contributed by atoms with Crippen molar-refractivity contribution in [2.45, 2.75) is 13.8 Å². The zero-order valence-electron chi connectivity index (χ0n) is 14.7. The molecule has 1 aliphatic heterocycles. The number of rotatable bonds is 5. The monoisotopic (exact) mass is 340 g/mol. The third-order valence-corrected chi connectivity index (χ3v) is 4.25. The summed E-state index contributed by atoms with van der Waals surface area (Å²) in [5.41, 5.74) is 4.17. The summed E-state index contributed by atoms with van der Waals surface area (Å²) in [5, 5.41) is 2.91. The summed E-state index contributed by atoms with van der Waals surface area (Å²) >= 11 is 0. The summed E-state index contributed by atoms with van der Waals surface area (Å²) in [6, 6.07) is 13.7. The quantitative estimate of drug-likeness (QED) is 0.908. The molecule has 0 unspecified atom stereocenters. The van der Waals surface area contributed by atoms with Crippen LogP contribution in [0.3, 0.4) is 0 Å². The Balaban J connectivity index is 1.56. The Labute approximate surface area is 148 Å². The lowest BCUT2D eigenvalue weighted by Crippen LogP contribution is -2.36. The summed E-state index contributed by atoms with van der Waals surface area (Å²) in [7, 11) is 0. The number of nitrogens with zero attached hydrogens (tertiary/aromatic N) is 1. The maximum absolute atomic E-state index is 12.1. The summed E-state index contributed by atoms with van der Waals surface area (Å²) in [6.45, 7) is 7.32. The molecule has 25 heavy (non-hydrogen) atoms. The first-order valence-corrected chi connectivity index (χ1v) is 8.54. The van der Waals surface area contributed by atoms with Gasteiger partial charge < -0.3 is 19.7 Å². The predicted octanol–water partition coefficient (Wildman–Crippen LogP) is 3.16. The largest absolute Gasteiger partial charge is 0.484 e. The van der Waals surface area contributed by atoms with Crippen molar-refractivity contribution >= 4 is 17.3 Å². The highest BCUT2D eigenvalue weighted by Crippen LogP contribution is 2.23. The first-order valence-electron chi connectivity index (χ1n) is 8.54. The van der Waals surface area contributed by atoms with Crippen LogP contribution in [0.15, 0.2) is 42.5 Å². The lowest BCUT2D eigenvalue weighted by molar-refractivity contribution is -0.118. The van der Waals surface area contributed by atoms with Crippen molar-refractivity contribution in [3.8, 4) is 5.75 Å². The third-order valence-electron chi connectivity index (χ3n) is 4.25. The van der Waals surface area contributed by atoms with Crippen LogP contribution in [-0.4, -0.2) is 38.8 Å². The molecule has 0 aliphatic carbocycles. The van der Waals surface area contributed by atoms with Crippen LogP contribution < -0.4 is 15.0 Å². The van der Waals surface area contributed by atoms with E-state index in [0.29, 0.717) is 5.75 Å². The number of carbonyl (C=O) groups is 1. The highest BCUT2D eigenvalue weighted by Gasteiger charge is 2.13. The first kappa shape index (κ1) is 17.3. The van der Waals surface area contributed by atoms with Crippen molar-refractivity contribution in [2.75, 3.05) is 43.1 Å². The van der Waals surface area contributed by atoms with E-state index in [1.165, 1.54) is 0 Å². The highest BCUT2D eigenvalue weighted by molar-refractivity contribution is 5.92. The summed E-state index contributed by atoms with van der Waals surface area (Å²) in [6.07, 6.45) is 0. The van der Waals surface area contributed by atoms with Crippen molar-refractivity contribution < 1.29 is 14.3 Å². The summed E-state index contributed by atoms with van der Waals surface area (Å²) in [5.74, 6) is 0.530. The fourth-order valence-corrected chi connectivity index (χ4v) is 2.78. The second kappa shape index (κ2) is 8.03. The molecule has 3 rings (SSSR count). The second-order valence-corrected chi connectivity index (χ2v) is 6.25. The van der Waals surface area contributed by atoms with Gasteiger partial charge in [0, 0.05) is 24.5 Å². The Hall–Kier alpha value is -2.53. The molecule has 0 saturated carbocycles. The van der Waals surface area contributed by atoms with Gasteiger partial charge in [-0.25, -0.2) is 0 Å². The molecule has 1 N–H and O–H groups in total. The van der Waals surface area contributed by atoms with E-state index in [-0.39, 0.29) is 12.5 Å². The van der Waals surface area contributed by atoms with Gasteiger partial charge in [0.2, 0.25) is 0 Å². The minimum atomic E-state index is -0.164. The molecule has 5 heteroatoms. The molecule has 0 bridgehead atoms. The van der Waals surface area contributed by atoms with Gasteiger partial charge >= 0.3 is 0 Å².